The number of Topliss-reactive ketones (excluding diaryl/α,β-unsaturated/α-hetero) is 1. The molecule has 31 heavy (non-hydrogen) atoms. The van der Waals surface area contributed by atoms with Gasteiger partial charge in [-0.25, -0.2) is 0 Å². The number of hydrogen-bond acceptors (Lipinski definition) is 7. The number of aryl methyl sites for hydroxylation is 1. The van der Waals surface area contributed by atoms with Crippen molar-refractivity contribution in [2.75, 3.05) is 27.4 Å². The van der Waals surface area contributed by atoms with Crippen molar-refractivity contribution in [1.29, 1.82) is 0 Å². The summed E-state index contributed by atoms with van der Waals surface area (Å²) in [6.45, 7) is 2.89. The molecule has 2 aromatic rings. The number of ketones is 1. The summed E-state index contributed by atoms with van der Waals surface area (Å²) in [5.74, 6) is -0.735. The van der Waals surface area contributed by atoms with E-state index in [0.29, 0.717) is 30.2 Å². The lowest BCUT2D eigenvalue weighted by atomic mass is 9.97. The van der Waals surface area contributed by atoms with Gasteiger partial charge in [-0.05, 0) is 55.0 Å². The molecule has 1 aromatic carbocycles. The van der Waals surface area contributed by atoms with Crippen molar-refractivity contribution in [3.8, 4) is 11.5 Å². The standard InChI is InChI=1S/C23H25NO6S/c1-13-8-10-31-22(13)19-18(20(25)16-11-14(28-2)6-7-17(16)29-3)21(26)23(27)24(19)12-15-5-4-9-30-15/h6-8,10-11,15,19,25H,4-5,9,12H2,1-3H3/b20-18+. The third-order valence-corrected chi connectivity index (χ3v) is 6.85. The number of aliphatic hydroxyl groups is 1. The van der Waals surface area contributed by atoms with Gasteiger partial charge in [0.1, 0.15) is 17.3 Å². The number of likely N-dealkylation sites (tertiary alicyclic amines) is 1. The van der Waals surface area contributed by atoms with Crippen LogP contribution in [-0.4, -0.2) is 55.2 Å². The highest BCUT2D eigenvalue weighted by Crippen LogP contribution is 2.44. The number of ether oxygens (including phenoxy) is 3. The van der Waals surface area contributed by atoms with E-state index in [4.69, 9.17) is 14.2 Å². The van der Waals surface area contributed by atoms with Crippen LogP contribution in [0.15, 0.2) is 35.2 Å². The molecule has 7 nitrogen and oxygen atoms in total. The first-order chi connectivity index (χ1) is 15.0. The maximum Gasteiger partial charge on any atom is 0.295 e. The predicted octanol–water partition coefficient (Wildman–Crippen LogP) is 3.67. The van der Waals surface area contributed by atoms with E-state index < -0.39 is 17.7 Å². The quantitative estimate of drug-likeness (QED) is 0.417. The van der Waals surface area contributed by atoms with Crippen molar-refractivity contribution >= 4 is 28.8 Å². The largest absolute Gasteiger partial charge is 0.507 e. The molecule has 2 fully saturated rings. The minimum Gasteiger partial charge on any atom is -0.507 e. The first kappa shape index (κ1) is 21.4. The zero-order valence-corrected chi connectivity index (χ0v) is 18.5. The molecule has 4 rings (SSSR count). The minimum absolute atomic E-state index is 0.0556. The molecule has 1 amide bonds. The second kappa shape index (κ2) is 8.72. The van der Waals surface area contributed by atoms with Crippen LogP contribution in [0.4, 0.5) is 0 Å². The fourth-order valence-electron chi connectivity index (χ4n) is 4.16. The van der Waals surface area contributed by atoms with Gasteiger partial charge in [-0.1, -0.05) is 0 Å². The van der Waals surface area contributed by atoms with Gasteiger partial charge in [0.15, 0.2) is 0 Å². The molecule has 0 spiro atoms. The first-order valence-electron chi connectivity index (χ1n) is 10.1. The molecule has 0 radical (unpaired) electrons. The van der Waals surface area contributed by atoms with E-state index in [1.165, 1.54) is 30.5 Å². The van der Waals surface area contributed by atoms with Gasteiger partial charge >= 0.3 is 0 Å². The van der Waals surface area contributed by atoms with E-state index in [2.05, 4.69) is 0 Å². The van der Waals surface area contributed by atoms with E-state index in [1.54, 1.807) is 18.2 Å². The molecule has 164 valence electrons. The number of carbonyl (C=O) groups excluding carboxylic acids is 2. The lowest BCUT2D eigenvalue weighted by molar-refractivity contribution is -0.140. The van der Waals surface area contributed by atoms with Crippen LogP contribution in [0.1, 0.15) is 34.9 Å². The van der Waals surface area contributed by atoms with E-state index in [1.807, 2.05) is 18.4 Å². The normalized spacial score (nSPS) is 22.9. The summed E-state index contributed by atoms with van der Waals surface area (Å²) in [6.07, 6.45) is 1.65. The van der Waals surface area contributed by atoms with Crippen molar-refractivity contribution in [3.63, 3.8) is 0 Å². The molecular formula is C23H25NO6S. The van der Waals surface area contributed by atoms with E-state index >= 15 is 0 Å². The predicted molar refractivity (Wildman–Crippen MR) is 117 cm³/mol. The van der Waals surface area contributed by atoms with Crippen molar-refractivity contribution in [3.05, 3.63) is 51.2 Å². The monoisotopic (exact) mass is 443 g/mol. The molecular weight excluding hydrogens is 418 g/mol. The smallest absolute Gasteiger partial charge is 0.295 e. The summed E-state index contributed by atoms with van der Waals surface area (Å²) in [7, 11) is 3.00. The molecule has 3 heterocycles. The third-order valence-electron chi connectivity index (χ3n) is 5.78. The van der Waals surface area contributed by atoms with Crippen LogP contribution in [0.25, 0.3) is 5.76 Å². The number of benzene rings is 1. The maximum atomic E-state index is 13.2. The Morgan fingerprint density at radius 3 is 2.68 bits per heavy atom. The molecule has 0 aliphatic carbocycles. The number of hydrogen-bond donors (Lipinski definition) is 1. The van der Waals surface area contributed by atoms with Crippen LogP contribution < -0.4 is 9.47 Å². The molecule has 2 saturated heterocycles. The van der Waals surface area contributed by atoms with E-state index in [9.17, 15) is 14.7 Å². The molecule has 1 N–H and O–H groups in total. The zero-order chi connectivity index (χ0) is 22.1. The molecule has 0 bridgehead atoms. The fraction of sp³-hybridized carbons (Fsp3) is 0.391. The number of rotatable bonds is 6. The highest BCUT2D eigenvalue weighted by molar-refractivity contribution is 7.10. The van der Waals surface area contributed by atoms with Gasteiger partial charge in [-0.2, -0.15) is 0 Å². The lowest BCUT2D eigenvalue weighted by Gasteiger charge is -2.27. The van der Waals surface area contributed by atoms with Gasteiger partial charge in [-0.15, -0.1) is 11.3 Å². The first-order valence-corrected chi connectivity index (χ1v) is 11.0. The number of methoxy groups -OCH3 is 2. The topological polar surface area (TPSA) is 85.3 Å². The summed E-state index contributed by atoms with van der Waals surface area (Å²) in [5, 5.41) is 13.2. The number of amides is 1. The van der Waals surface area contributed by atoms with Crippen LogP contribution in [0, 0.1) is 6.92 Å². The average Bonchev–Trinajstić information content (AvgIpc) is 3.50. The van der Waals surface area contributed by atoms with Gasteiger partial charge in [0.2, 0.25) is 0 Å². The second-order valence-corrected chi connectivity index (χ2v) is 8.57. The molecule has 2 unspecified atom stereocenters. The van der Waals surface area contributed by atoms with E-state index in [-0.39, 0.29) is 17.4 Å². The maximum absolute atomic E-state index is 13.2. The second-order valence-electron chi connectivity index (χ2n) is 7.62. The van der Waals surface area contributed by atoms with Crippen LogP contribution in [-0.2, 0) is 14.3 Å². The van der Waals surface area contributed by atoms with Crippen molar-refractivity contribution in [2.45, 2.75) is 31.9 Å². The Morgan fingerprint density at radius 1 is 1.26 bits per heavy atom. The number of carbonyl (C=O) groups is 2. The summed E-state index contributed by atoms with van der Waals surface area (Å²) in [4.78, 5) is 28.6. The molecule has 8 heteroatoms. The summed E-state index contributed by atoms with van der Waals surface area (Å²) in [5.41, 5.74) is 1.31. The zero-order valence-electron chi connectivity index (χ0n) is 17.7. The highest BCUT2D eigenvalue weighted by atomic mass is 32.1. The Morgan fingerprint density at radius 2 is 2.06 bits per heavy atom. The van der Waals surface area contributed by atoms with Gasteiger partial charge in [-0.3, -0.25) is 9.59 Å². The van der Waals surface area contributed by atoms with Crippen LogP contribution in [0.3, 0.4) is 0 Å². The van der Waals surface area contributed by atoms with Gasteiger partial charge < -0.3 is 24.2 Å². The Bertz CT molecular complexity index is 1040. The van der Waals surface area contributed by atoms with Crippen LogP contribution in [0.5, 0.6) is 11.5 Å². The van der Waals surface area contributed by atoms with Crippen molar-refractivity contribution in [2.24, 2.45) is 0 Å². The number of aliphatic hydroxyl groups excluding tert-OH is 1. The molecule has 1 aromatic heterocycles. The van der Waals surface area contributed by atoms with Crippen molar-refractivity contribution < 1.29 is 28.9 Å². The van der Waals surface area contributed by atoms with Gasteiger partial charge in [0.25, 0.3) is 11.7 Å². The van der Waals surface area contributed by atoms with Crippen LogP contribution in [0.2, 0.25) is 0 Å². The highest BCUT2D eigenvalue weighted by Gasteiger charge is 2.48. The molecule has 2 aliphatic rings. The Hall–Kier alpha value is -2.84. The summed E-state index contributed by atoms with van der Waals surface area (Å²) < 4.78 is 16.4. The number of nitrogens with zero attached hydrogens (tertiary/aromatic N) is 1. The summed E-state index contributed by atoms with van der Waals surface area (Å²) in [6, 6.07) is 6.21. The SMILES string of the molecule is COc1ccc(OC)c(/C(O)=C2\C(=O)C(=O)N(CC3CCCO3)C2c2sccc2C)c1. The number of thiophene rings is 1. The van der Waals surface area contributed by atoms with Crippen molar-refractivity contribution in [1.82, 2.24) is 4.90 Å². The fourth-order valence-corrected chi connectivity index (χ4v) is 5.20. The molecule has 0 saturated carbocycles. The lowest BCUT2D eigenvalue weighted by Crippen LogP contribution is -2.36. The van der Waals surface area contributed by atoms with Gasteiger partial charge in [0.05, 0.1) is 37.5 Å². The average molecular weight is 444 g/mol. The third kappa shape index (κ3) is 3.81. The Kier molecular flexibility index (Phi) is 6.02. The Labute approximate surface area is 184 Å². The summed E-state index contributed by atoms with van der Waals surface area (Å²) >= 11 is 1.46. The minimum atomic E-state index is -0.710. The van der Waals surface area contributed by atoms with E-state index in [0.717, 1.165) is 23.3 Å². The van der Waals surface area contributed by atoms with Crippen LogP contribution >= 0.6 is 11.3 Å². The Balaban J connectivity index is 1.87. The molecule has 2 aliphatic heterocycles. The van der Waals surface area contributed by atoms with Gasteiger partial charge in [0, 0.05) is 18.0 Å². The molecule has 2 atom stereocenters.